The molecule has 0 fully saturated rings. The number of rotatable bonds is 1. The van der Waals surface area contributed by atoms with Crippen LogP contribution in [0, 0.1) is 0 Å². The molecule has 2 aromatic rings. The number of alkyl halides is 3. The van der Waals surface area contributed by atoms with Crippen LogP contribution in [0.5, 0.6) is 0 Å². The Balaban J connectivity index is 1.95. The molecule has 3 rings (SSSR count). The highest BCUT2D eigenvalue weighted by Crippen LogP contribution is 2.43. The highest BCUT2D eigenvalue weighted by Gasteiger charge is 2.46. The summed E-state index contributed by atoms with van der Waals surface area (Å²) >= 11 is 3.32. The number of halogens is 4. The van der Waals surface area contributed by atoms with E-state index in [4.69, 9.17) is 0 Å². The summed E-state index contributed by atoms with van der Waals surface area (Å²) in [7, 11) is 0. The smallest absolute Gasteiger partial charge is 0.363 e. The second-order valence-electron chi connectivity index (χ2n) is 4.70. The minimum absolute atomic E-state index is 0.0696. The van der Waals surface area contributed by atoms with Crippen LogP contribution in [-0.4, -0.2) is 16.0 Å². The van der Waals surface area contributed by atoms with Gasteiger partial charge in [-0.3, -0.25) is 0 Å². The van der Waals surface area contributed by atoms with Crippen LogP contribution in [0.15, 0.2) is 41.0 Å². The Labute approximate surface area is 121 Å². The largest absolute Gasteiger partial charge is 0.410 e. The Morgan fingerprint density at radius 3 is 2.55 bits per heavy atom. The fourth-order valence-electron chi connectivity index (χ4n) is 2.42. The summed E-state index contributed by atoms with van der Waals surface area (Å²) in [4.78, 5) is 0. The first-order chi connectivity index (χ1) is 9.45. The highest BCUT2D eigenvalue weighted by molar-refractivity contribution is 9.10. The van der Waals surface area contributed by atoms with E-state index in [1.807, 2.05) is 24.3 Å². The SMILES string of the molecule is FC(F)(F)[C@H]1C[C@H](c2ccc(Br)cc2)Nc2ccnn21. The number of nitrogens with one attached hydrogen (secondary N) is 1. The molecule has 2 heterocycles. The number of benzene rings is 1. The van der Waals surface area contributed by atoms with E-state index in [1.54, 1.807) is 6.07 Å². The minimum Gasteiger partial charge on any atom is -0.363 e. The molecule has 7 heteroatoms. The van der Waals surface area contributed by atoms with Gasteiger partial charge in [0.05, 0.1) is 12.2 Å². The van der Waals surface area contributed by atoms with E-state index in [0.29, 0.717) is 5.82 Å². The zero-order valence-electron chi connectivity index (χ0n) is 10.2. The first kappa shape index (κ1) is 13.5. The summed E-state index contributed by atoms with van der Waals surface area (Å²) in [6.45, 7) is 0. The first-order valence-electron chi connectivity index (χ1n) is 6.07. The molecule has 1 aliphatic heterocycles. The fraction of sp³-hybridized carbons (Fsp3) is 0.308. The molecule has 106 valence electrons. The molecule has 0 spiro atoms. The van der Waals surface area contributed by atoms with Crippen molar-refractivity contribution in [1.82, 2.24) is 9.78 Å². The molecule has 0 aliphatic carbocycles. The van der Waals surface area contributed by atoms with Crippen molar-refractivity contribution in [2.75, 3.05) is 5.32 Å². The zero-order chi connectivity index (χ0) is 14.3. The summed E-state index contributed by atoms with van der Waals surface area (Å²) in [6.07, 6.45) is -3.00. The van der Waals surface area contributed by atoms with Gasteiger partial charge in [-0.2, -0.15) is 18.3 Å². The van der Waals surface area contributed by atoms with Gasteiger partial charge in [0.25, 0.3) is 0 Å². The van der Waals surface area contributed by atoms with Gasteiger partial charge in [0.1, 0.15) is 5.82 Å². The van der Waals surface area contributed by atoms with Crippen molar-refractivity contribution in [2.45, 2.75) is 24.7 Å². The van der Waals surface area contributed by atoms with E-state index < -0.39 is 12.2 Å². The summed E-state index contributed by atoms with van der Waals surface area (Å²) in [5, 5.41) is 6.87. The third-order valence-corrected chi connectivity index (χ3v) is 3.93. The average Bonchev–Trinajstić information content (AvgIpc) is 2.85. The molecule has 0 unspecified atom stereocenters. The highest BCUT2D eigenvalue weighted by atomic mass is 79.9. The van der Waals surface area contributed by atoms with Gasteiger partial charge in [0.2, 0.25) is 0 Å². The first-order valence-corrected chi connectivity index (χ1v) is 6.86. The van der Waals surface area contributed by atoms with E-state index in [9.17, 15) is 13.2 Å². The van der Waals surface area contributed by atoms with Crippen LogP contribution < -0.4 is 5.32 Å². The molecule has 20 heavy (non-hydrogen) atoms. The van der Waals surface area contributed by atoms with Crippen molar-refractivity contribution in [3.05, 3.63) is 46.6 Å². The summed E-state index contributed by atoms with van der Waals surface area (Å²) in [6, 6.07) is 6.88. The molecule has 0 bridgehead atoms. The lowest BCUT2D eigenvalue weighted by Crippen LogP contribution is -2.35. The number of hydrogen-bond donors (Lipinski definition) is 1. The standard InChI is InChI=1S/C13H11BrF3N3/c14-9-3-1-8(2-4-9)10-7-11(13(15,16)17)20-12(19-10)5-6-18-20/h1-6,10-11,19H,7H2/t10-,11-/m1/s1. The summed E-state index contributed by atoms with van der Waals surface area (Å²) in [5.74, 6) is 0.395. The van der Waals surface area contributed by atoms with Crippen LogP contribution >= 0.6 is 15.9 Å². The van der Waals surface area contributed by atoms with Crippen molar-refractivity contribution in [3.8, 4) is 0 Å². The monoisotopic (exact) mass is 345 g/mol. The molecule has 0 saturated heterocycles. The molecular formula is C13H11BrF3N3. The van der Waals surface area contributed by atoms with Gasteiger partial charge in [-0.05, 0) is 17.7 Å². The van der Waals surface area contributed by atoms with Gasteiger partial charge >= 0.3 is 6.18 Å². The third-order valence-electron chi connectivity index (χ3n) is 3.40. The molecule has 1 N–H and O–H groups in total. The van der Waals surface area contributed by atoms with Gasteiger partial charge in [0, 0.05) is 17.0 Å². The van der Waals surface area contributed by atoms with Crippen LogP contribution in [-0.2, 0) is 0 Å². The lowest BCUT2D eigenvalue weighted by molar-refractivity contribution is -0.173. The fourth-order valence-corrected chi connectivity index (χ4v) is 2.69. The van der Waals surface area contributed by atoms with Gasteiger partial charge < -0.3 is 5.32 Å². The van der Waals surface area contributed by atoms with E-state index >= 15 is 0 Å². The predicted molar refractivity (Wildman–Crippen MR) is 72.4 cm³/mol. The van der Waals surface area contributed by atoms with Gasteiger partial charge in [-0.15, -0.1) is 0 Å². The molecule has 0 saturated carbocycles. The Hall–Kier alpha value is -1.50. The van der Waals surface area contributed by atoms with Crippen LogP contribution in [0.4, 0.5) is 19.0 Å². The quantitative estimate of drug-likeness (QED) is 0.834. The van der Waals surface area contributed by atoms with Crippen LogP contribution in [0.2, 0.25) is 0 Å². The Morgan fingerprint density at radius 2 is 1.90 bits per heavy atom. The van der Waals surface area contributed by atoms with Crippen molar-refractivity contribution < 1.29 is 13.2 Å². The summed E-state index contributed by atoms with van der Waals surface area (Å²) in [5.41, 5.74) is 0.829. The number of aromatic nitrogens is 2. The van der Waals surface area contributed by atoms with Crippen LogP contribution in [0.25, 0.3) is 0 Å². The van der Waals surface area contributed by atoms with Crippen molar-refractivity contribution in [1.29, 1.82) is 0 Å². The van der Waals surface area contributed by atoms with Crippen molar-refractivity contribution >= 4 is 21.7 Å². The lowest BCUT2D eigenvalue weighted by Gasteiger charge is -2.33. The Morgan fingerprint density at radius 1 is 1.20 bits per heavy atom. The van der Waals surface area contributed by atoms with E-state index in [-0.39, 0.29) is 12.5 Å². The Bertz CT molecular complexity index is 606. The number of anilines is 1. The maximum Gasteiger partial charge on any atom is 0.410 e. The number of fused-ring (bicyclic) bond motifs is 1. The molecule has 3 nitrogen and oxygen atoms in total. The van der Waals surface area contributed by atoms with Gasteiger partial charge in [-0.1, -0.05) is 28.1 Å². The molecule has 0 amide bonds. The van der Waals surface area contributed by atoms with Gasteiger partial charge in [0.15, 0.2) is 6.04 Å². The maximum atomic E-state index is 13.2. The topological polar surface area (TPSA) is 29.9 Å². The minimum atomic E-state index is -4.31. The van der Waals surface area contributed by atoms with Crippen molar-refractivity contribution in [2.24, 2.45) is 0 Å². The summed E-state index contributed by atoms with van der Waals surface area (Å²) < 4.78 is 41.4. The third kappa shape index (κ3) is 2.42. The maximum absolute atomic E-state index is 13.2. The average molecular weight is 346 g/mol. The zero-order valence-corrected chi connectivity index (χ0v) is 11.8. The van der Waals surface area contributed by atoms with Crippen molar-refractivity contribution in [3.63, 3.8) is 0 Å². The Kier molecular flexibility index (Phi) is 3.24. The molecule has 2 atom stereocenters. The second kappa shape index (κ2) is 4.80. The normalized spacial score (nSPS) is 22.2. The number of hydrogen-bond acceptors (Lipinski definition) is 2. The molecule has 1 aromatic heterocycles. The predicted octanol–water partition coefficient (Wildman–Crippen LogP) is 4.31. The molecular weight excluding hydrogens is 335 g/mol. The van der Waals surface area contributed by atoms with E-state index in [1.165, 1.54) is 6.20 Å². The molecule has 0 radical (unpaired) electrons. The van der Waals surface area contributed by atoms with Crippen LogP contribution in [0.3, 0.4) is 0 Å². The van der Waals surface area contributed by atoms with Gasteiger partial charge in [-0.25, -0.2) is 4.68 Å². The molecule has 1 aromatic carbocycles. The second-order valence-corrected chi connectivity index (χ2v) is 5.62. The van der Waals surface area contributed by atoms with Crippen LogP contribution in [0.1, 0.15) is 24.1 Å². The van der Waals surface area contributed by atoms with E-state index in [0.717, 1.165) is 14.7 Å². The number of nitrogens with zero attached hydrogens (tertiary/aromatic N) is 2. The molecule has 1 aliphatic rings. The van der Waals surface area contributed by atoms with E-state index in [2.05, 4.69) is 26.3 Å². The lowest BCUT2D eigenvalue weighted by atomic mass is 9.97.